The van der Waals surface area contributed by atoms with Crippen LogP contribution in [0.5, 0.6) is 0 Å². The average Bonchev–Trinajstić information content (AvgIpc) is 2.72. The van der Waals surface area contributed by atoms with Crippen molar-refractivity contribution in [1.29, 1.82) is 0 Å². The molecule has 118 valence electrons. The topological polar surface area (TPSA) is 64.5 Å². The predicted molar refractivity (Wildman–Crippen MR) is 88.9 cm³/mol. The molecule has 0 radical (unpaired) electrons. The predicted octanol–water partition coefficient (Wildman–Crippen LogP) is 1.57. The summed E-state index contributed by atoms with van der Waals surface area (Å²) in [5.74, 6) is 1.81. The van der Waals surface area contributed by atoms with E-state index in [0.29, 0.717) is 0 Å². The van der Waals surface area contributed by atoms with Crippen LogP contribution in [0.25, 0.3) is 0 Å². The molecule has 0 aromatic carbocycles. The number of β-amino-alcohol motifs (C(OH)–C–C–N with tert-alkyl or cyclic N) is 1. The molecule has 0 aliphatic carbocycles. The van der Waals surface area contributed by atoms with Crippen LogP contribution < -0.4 is 10.2 Å². The minimum absolute atomic E-state index is 0.224. The Morgan fingerprint density at radius 2 is 2.14 bits per heavy atom. The number of aliphatic hydroxyl groups excluding tert-OH is 1. The molecule has 0 unspecified atom stereocenters. The summed E-state index contributed by atoms with van der Waals surface area (Å²) in [5, 5.41) is 12.4. The van der Waals surface area contributed by atoms with Gasteiger partial charge in [-0.15, -0.1) is 0 Å². The van der Waals surface area contributed by atoms with Gasteiger partial charge in [0.15, 0.2) is 0 Å². The molecule has 2 N–H and O–H groups in total. The van der Waals surface area contributed by atoms with Crippen LogP contribution in [0, 0.1) is 0 Å². The number of halogens is 1. The third-order valence-corrected chi connectivity index (χ3v) is 4.35. The van der Waals surface area contributed by atoms with Crippen molar-refractivity contribution in [3.05, 3.63) is 10.8 Å². The Hall–Kier alpha value is -0.920. The standard InChI is InChI=1S/C14H24BrN5O/c1-2-4-16-13-12(15)14(18-11-17-13)20-6-3-5-19(7-8-20)9-10-21/h11,21H,2-10H2,1H3,(H,16,17,18). The molecule has 0 bridgehead atoms. The maximum atomic E-state index is 9.06. The van der Waals surface area contributed by atoms with Crippen molar-refractivity contribution in [1.82, 2.24) is 14.9 Å². The number of nitrogens with one attached hydrogen (secondary N) is 1. The quantitative estimate of drug-likeness (QED) is 0.805. The highest BCUT2D eigenvalue weighted by Crippen LogP contribution is 2.30. The van der Waals surface area contributed by atoms with Gasteiger partial charge in [-0.1, -0.05) is 6.92 Å². The van der Waals surface area contributed by atoms with Gasteiger partial charge in [0.2, 0.25) is 0 Å². The second-order valence-electron chi connectivity index (χ2n) is 5.19. The number of aliphatic hydroxyl groups is 1. The molecule has 1 aliphatic heterocycles. The fourth-order valence-electron chi connectivity index (χ4n) is 2.50. The van der Waals surface area contributed by atoms with Gasteiger partial charge in [0, 0.05) is 32.7 Å². The lowest BCUT2D eigenvalue weighted by Crippen LogP contribution is -2.33. The molecule has 21 heavy (non-hydrogen) atoms. The van der Waals surface area contributed by atoms with Gasteiger partial charge in [-0.2, -0.15) is 0 Å². The molecule has 0 saturated carbocycles. The Morgan fingerprint density at radius 3 is 2.90 bits per heavy atom. The van der Waals surface area contributed by atoms with E-state index < -0.39 is 0 Å². The Balaban J connectivity index is 2.07. The largest absolute Gasteiger partial charge is 0.395 e. The molecule has 2 heterocycles. The summed E-state index contributed by atoms with van der Waals surface area (Å²) >= 11 is 3.64. The molecular weight excluding hydrogens is 334 g/mol. The zero-order valence-electron chi connectivity index (χ0n) is 12.6. The van der Waals surface area contributed by atoms with Gasteiger partial charge in [0.05, 0.1) is 6.61 Å². The monoisotopic (exact) mass is 357 g/mol. The van der Waals surface area contributed by atoms with Crippen molar-refractivity contribution < 1.29 is 5.11 Å². The zero-order valence-corrected chi connectivity index (χ0v) is 14.1. The van der Waals surface area contributed by atoms with E-state index in [2.05, 4.69) is 47.9 Å². The number of hydrogen-bond acceptors (Lipinski definition) is 6. The minimum atomic E-state index is 0.224. The van der Waals surface area contributed by atoms with E-state index in [9.17, 15) is 0 Å². The van der Waals surface area contributed by atoms with Gasteiger partial charge in [-0.25, -0.2) is 9.97 Å². The molecule has 1 aliphatic rings. The molecule has 6 nitrogen and oxygen atoms in total. The lowest BCUT2D eigenvalue weighted by molar-refractivity contribution is 0.204. The molecule has 7 heteroatoms. The highest BCUT2D eigenvalue weighted by molar-refractivity contribution is 9.10. The van der Waals surface area contributed by atoms with Crippen LogP contribution in [-0.2, 0) is 0 Å². The van der Waals surface area contributed by atoms with Crippen molar-refractivity contribution in [2.24, 2.45) is 0 Å². The summed E-state index contributed by atoms with van der Waals surface area (Å²) in [5.41, 5.74) is 0. The van der Waals surface area contributed by atoms with Crippen molar-refractivity contribution in [2.75, 3.05) is 56.1 Å². The number of aromatic nitrogens is 2. The zero-order chi connectivity index (χ0) is 15.1. The number of hydrogen-bond donors (Lipinski definition) is 2. The van der Waals surface area contributed by atoms with Crippen LogP contribution in [0.4, 0.5) is 11.6 Å². The molecular formula is C14H24BrN5O. The van der Waals surface area contributed by atoms with E-state index in [-0.39, 0.29) is 6.61 Å². The molecule has 1 saturated heterocycles. The van der Waals surface area contributed by atoms with Crippen LogP contribution in [0.3, 0.4) is 0 Å². The van der Waals surface area contributed by atoms with Crippen LogP contribution in [0.1, 0.15) is 19.8 Å². The third-order valence-electron chi connectivity index (χ3n) is 3.62. The Bertz CT molecular complexity index is 445. The Kier molecular flexibility index (Phi) is 6.66. The van der Waals surface area contributed by atoms with Crippen molar-refractivity contribution in [3.63, 3.8) is 0 Å². The third kappa shape index (κ3) is 4.52. The minimum Gasteiger partial charge on any atom is -0.395 e. The number of anilines is 2. The van der Waals surface area contributed by atoms with Crippen molar-refractivity contribution >= 4 is 27.6 Å². The molecule has 2 rings (SSSR count). The van der Waals surface area contributed by atoms with Crippen molar-refractivity contribution in [3.8, 4) is 0 Å². The maximum Gasteiger partial charge on any atom is 0.148 e. The fourth-order valence-corrected chi connectivity index (χ4v) is 3.09. The van der Waals surface area contributed by atoms with E-state index in [4.69, 9.17) is 5.11 Å². The Morgan fingerprint density at radius 1 is 1.29 bits per heavy atom. The van der Waals surface area contributed by atoms with E-state index in [1.807, 2.05) is 0 Å². The summed E-state index contributed by atoms with van der Waals surface area (Å²) in [6.07, 6.45) is 3.76. The number of nitrogens with zero attached hydrogens (tertiary/aromatic N) is 4. The summed E-state index contributed by atoms with van der Waals surface area (Å²) in [6, 6.07) is 0. The molecule has 1 aromatic rings. The number of rotatable bonds is 6. The molecule has 0 amide bonds. The van der Waals surface area contributed by atoms with Crippen LogP contribution in [0.15, 0.2) is 10.8 Å². The smallest absolute Gasteiger partial charge is 0.148 e. The Labute approximate surface area is 134 Å². The highest BCUT2D eigenvalue weighted by atomic mass is 79.9. The van der Waals surface area contributed by atoms with E-state index in [1.165, 1.54) is 0 Å². The lowest BCUT2D eigenvalue weighted by atomic mass is 10.3. The first-order chi connectivity index (χ1) is 10.3. The molecule has 0 spiro atoms. The highest BCUT2D eigenvalue weighted by Gasteiger charge is 2.19. The van der Waals surface area contributed by atoms with Gasteiger partial charge in [0.25, 0.3) is 0 Å². The summed E-state index contributed by atoms with van der Waals surface area (Å²) in [7, 11) is 0. The lowest BCUT2D eigenvalue weighted by Gasteiger charge is -2.24. The van der Waals surface area contributed by atoms with Gasteiger partial charge < -0.3 is 15.3 Å². The molecule has 0 atom stereocenters. The van der Waals surface area contributed by atoms with E-state index in [0.717, 1.165) is 68.2 Å². The second kappa shape index (κ2) is 8.51. The SMILES string of the molecule is CCCNc1ncnc(N2CCCN(CCO)CC2)c1Br. The van der Waals surface area contributed by atoms with E-state index in [1.54, 1.807) is 6.33 Å². The maximum absolute atomic E-state index is 9.06. The second-order valence-corrected chi connectivity index (χ2v) is 5.99. The first-order valence-corrected chi connectivity index (χ1v) is 8.38. The summed E-state index contributed by atoms with van der Waals surface area (Å²) in [4.78, 5) is 13.3. The van der Waals surface area contributed by atoms with Crippen molar-refractivity contribution in [2.45, 2.75) is 19.8 Å². The van der Waals surface area contributed by atoms with Gasteiger partial charge in [-0.3, -0.25) is 4.90 Å². The van der Waals surface area contributed by atoms with Gasteiger partial charge >= 0.3 is 0 Å². The molecule has 1 fully saturated rings. The molecule has 1 aromatic heterocycles. The summed E-state index contributed by atoms with van der Waals surface area (Å²) in [6.45, 7) is 7.89. The fraction of sp³-hybridized carbons (Fsp3) is 0.714. The van der Waals surface area contributed by atoms with Crippen LogP contribution in [0.2, 0.25) is 0 Å². The summed E-state index contributed by atoms with van der Waals surface area (Å²) < 4.78 is 0.939. The van der Waals surface area contributed by atoms with E-state index >= 15 is 0 Å². The first kappa shape index (κ1) is 16.5. The van der Waals surface area contributed by atoms with Crippen LogP contribution >= 0.6 is 15.9 Å². The van der Waals surface area contributed by atoms with Gasteiger partial charge in [0.1, 0.15) is 22.4 Å². The van der Waals surface area contributed by atoms with Gasteiger partial charge in [-0.05, 0) is 35.3 Å². The average molecular weight is 358 g/mol. The van der Waals surface area contributed by atoms with Crippen LogP contribution in [-0.4, -0.2) is 65.8 Å². The normalized spacial score (nSPS) is 16.8. The first-order valence-electron chi connectivity index (χ1n) is 7.58.